The molecule has 6 nitrogen and oxygen atoms in total. The molecule has 0 aliphatic heterocycles. The molecule has 0 unspecified atom stereocenters. The van der Waals surface area contributed by atoms with Crippen LogP contribution in [0.15, 0.2) is 72.1 Å². The number of pyridine rings is 1. The van der Waals surface area contributed by atoms with Crippen LogP contribution in [-0.2, 0) is 4.79 Å². The molecule has 0 aliphatic rings. The molecular formula is C19H15N5OS. The number of nitrogens with zero attached hydrogens (tertiary/aromatic N) is 3. The highest BCUT2D eigenvalue weighted by Crippen LogP contribution is 2.21. The van der Waals surface area contributed by atoms with E-state index in [2.05, 4.69) is 25.5 Å². The number of aromatic nitrogens is 4. The van der Waals surface area contributed by atoms with E-state index < -0.39 is 0 Å². The van der Waals surface area contributed by atoms with Crippen molar-refractivity contribution in [3.05, 3.63) is 67.0 Å². The maximum absolute atomic E-state index is 12.2. The average Bonchev–Trinajstić information content (AvgIpc) is 3.16. The lowest BCUT2D eigenvalue weighted by atomic mass is 10.1. The summed E-state index contributed by atoms with van der Waals surface area (Å²) in [6.07, 6.45) is 3.39. The first-order chi connectivity index (χ1) is 12.8. The predicted molar refractivity (Wildman–Crippen MR) is 103 cm³/mol. The van der Waals surface area contributed by atoms with E-state index in [-0.39, 0.29) is 11.7 Å². The Morgan fingerprint density at radius 2 is 1.85 bits per heavy atom. The fourth-order valence-corrected chi connectivity index (χ4v) is 3.14. The fraction of sp³-hybridized carbons (Fsp3) is 0.0526. The smallest absolute Gasteiger partial charge is 0.234 e. The number of benzene rings is 2. The normalized spacial score (nSPS) is 10.8. The number of amides is 1. The van der Waals surface area contributed by atoms with E-state index in [1.807, 2.05) is 54.6 Å². The molecule has 128 valence electrons. The number of thioether (sulfide) groups is 1. The molecule has 0 aliphatic carbocycles. The minimum Gasteiger partial charge on any atom is -0.325 e. The van der Waals surface area contributed by atoms with Crippen LogP contribution < -0.4 is 5.32 Å². The zero-order valence-electron chi connectivity index (χ0n) is 13.7. The summed E-state index contributed by atoms with van der Waals surface area (Å²) in [5, 5.41) is 12.7. The number of carbonyl (C=O) groups is 1. The quantitative estimate of drug-likeness (QED) is 0.529. The van der Waals surface area contributed by atoms with Crippen LogP contribution in [0.4, 0.5) is 5.69 Å². The standard InChI is InChI=1S/C19H15N5OS/c25-17(21-16-6-5-13-3-1-2-4-15(13)11-16)12-26-19-22-18(23-24-19)14-7-9-20-10-8-14/h1-11H,12H2,(H,21,25)(H,22,23,24). The second kappa shape index (κ2) is 7.37. The summed E-state index contributed by atoms with van der Waals surface area (Å²) >= 11 is 1.29. The van der Waals surface area contributed by atoms with Crippen molar-refractivity contribution < 1.29 is 4.79 Å². The van der Waals surface area contributed by atoms with Crippen LogP contribution in [-0.4, -0.2) is 31.8 Å². The number of aromatic amines is 1. The summed E-state index contributed by atoms with van der Waals surface area (Å²) < 4.78 is 0. The molecule has 7 heteroatoms. The average molecular weight is 361 g/mol. The molecular weight excluding hydrogens is 346 g/mol. The monoisotopic (exact) mass is 361 g/mol. The maximum atomic E-state index is 12.2. The lowest BCUT2D eigenvalue weighted by molar-refractivity contribution is -0.113. The van der Waals surface area contributed by atoms with Crippen LogP contribution in [0.5, 0.6) is 0 Å². The van der Waals surface area contributed by atoms with Gasteiger partial charge in [-0.15, -0.1) is 5.10 Å². The van der Waals surface area contributed by atoms with Gasteiger partial charge in [0, 0.05) is 23.6 Å². The molecule has 0 fully saturated rings. The molecule has 26 heavy (non-hydrogen) atoms. The maximum Gasteiger partial charge on any atom is 0.234 e. The number of fused-ring (bicyclic) bond motifs is 1. The third-order valence-corrected chi connectivity index (χ3v) is 4.63. The number of hydrogen-bond donors (Lipinski definition) is 2. The number of anilines is 1. The van der Waals surface area contributed by atoms with Gasteiger partial charge >= 0.3 is 0 Å². The Kier molecular flexibility index (Phi) is 4.61. The van der Waals surface area contributed by atoms with Gasteiger partial charge in [-0.05, 0) is 35.0 Å². The molecule has 2 N–H and O–H groups in total. The second-order valence-corrected chi connectivity index (χ2v) is 6.54. The summed E-state index contributed by atoms with van der Waals surface area (Å²) in [5.41, 5.74) is 1.68. The first-order valence-corrected chi connectivity index (χ1v) is 9.01. The van der Waals surface area contributed by atoms with Gasteiger partial charge in [-0.3, -0.25) is 14.9 Å². The van der Waals surface area contributed by atoms with Crippen molar-refractivity contribution in [3.63, 3.8) is 0 Å². The molecule has 1 amide bonds. The van der Waals surface area contributed by atoms with Crippen LogP contribution in [0.1, 0.15) is 0 Å². The number of carbonyl (C=O) groups excluding carboxylic acids is 1. The lowest BCUT2D eigenvalue weighted by Gasteiger charge is -2.05. The SMILES string of the molecule is O=C(CSc1n[nH]c(-c2ccncc2)n1)Nc1ccc2ccccc2c1. The highest BCUT2D eigenvalue weighted by Gasteiger charge is 2.09. The van der Waals surface area contributed by atoms with Gasteiger partial charge in [-0.2, -0.15) is 0 Å². The van der Waals surface area contributed by atoms with Gasteiger partial charge in [0.1, 0.15) is 0 Å². The Balaban J connectivity index is 1.37. The molecule has 0 atom stereocenters. The van der Waals surface area contributed by atoms with Gasteiger partial charge < -0.3 is 5.32 Å². The van der Waals surface area contributed by atoms with Crippen molar-refractivity contribution in [1.29, 1.82) is 0 Å². The summed E-state index contributed by atoms with van der Waals surface area (Å²) in [6, 6.07) is 17.6. The van der Waals surface area contributed by atoms with Crippen LogP contribution in [0, 0.1) is 0 Å². The van der Waals surface area contributed by atoms with Crippen LogP contribution in [0.2, 0.25) is 0 Å². The van der Waals surface area contributed by atoms with E-state index in [1.54, 1.807) is 12.4 Å². The van der Waals surface area contributed by atoms with Crippen molar-refractivity contribution in [2.45, 2.75) is 5.16 Å². The number of nitrogens with one attached hydrogen (secondary N) is 2. The highest BCUT2D eigenvalue weighted by molar-refractivity contribution is 7.99. The van der Waals surface area contributed by atoms with Gasteiger partial charge in [0.2, 0.25) is 11.1 Å². The van der Waals surface area contributed by atoms with Gasteiger partial charge in [0.05, 0.1) is 5.75 Å². The van der Waals surface area contributed by atoms with E-state index in [9.17, 15) is 4.79 Å². The van der Waals surface area contributed by atoms with E-state index in [1.165, 1.54) is 11.8 Å². The van der Waals surface area contributed by atoms with Crippen molar-refractivity contribution >= 4 is 34.1 Å². The molecule has 4 rings (SSSR count). The van der Waals surface area contributed by atoms with E-state index in [0.717, 1.165) is 22.0 Å². The van der Waals surface area contributed by atoms with Crippen molar-refractivity contribution in [1.82, 2.24) is 20.2 Å². The number of rotatable bonds is 5. The zero-order valence-corrected chi connectivity index (χ0v) is 14.5. The fourth-order valence-electron chi connectivity index (χ4n) is 2.54. The second-order valence-electron chi connectivity index (χ2n) is 5.60. The Bertz CT molecular complexity index is 1050. The highest BCUT2D eigenvalue weighted by atomic mass is 32.2. The summed E-state index contributed by atoms with van der Waals surface area (Å²) in [6.45, 7) is 0. The Hall–Kier alpha value is -3.19. The van der Waals surface area contributed by atoms with Crippen LogP contribution >= 0.6 is 11.8 Å². The van der Waals surface area contributed by atoms with Gasteiger partial charge in [-0.1, -0.05) is 42.1 Å². The van der Waals surface area contributed by atoms with E-state index in [0.29, 0.717) is 11.0 Å². The molecule has 0 bridgehead atoms. The Morgan fingerprint density at radius 1 is 1.04 bits per heavy atom. The molecule has 0 saturated heterocycles. The molecule has 4 aromatic rings. The zero-order chi connectivity index (χ0) is 17.8. The number of hydrogen-bond acceptors (Lipinski definition) is 5. The first-order valence-electron chi connectivity index (χ1n) is 8.02. The summed E-state index contributed by atoms with van der Waals surface area (Å²) in [4.78, 5) is 20.6. The lowest BCUT2D eigenvalue weighted by Crippen LogP contribution is -2.14. The molecule has 2 aromatic carbocycles. The minimum absolute atomic E-state index is 0.0967. The topological polar surface area (TPSA) is 83.6 Å². The Morgan fingerprint density at radius 3 is 2.69 bits per heavy atom. The predicted octanol–water partition coefficient (Wildman–Crippen LogP) is 3.75. The van der Waals surface area contributed by atoms with Gasteiger partial charge in [-0.25, -0.2) is 4.98 Å². The summed E-state index contributed by atoms with van der Waals surface area (Å²) in [7, 11) is 0. The first kappa shape index (κ1) is 16.3. The third-order valence-electron chi connectivity index (χ3n) is 3.78. The third kappa shape index (κ3) is 3.73. The number of H-pyrrole nitrogens is 1. The van der Waals surface area contributed by atoms with Crippen LogP contribution in [0.3, 0.4) is 0 Å². The molecule has 0 saturated carbocycles. The van der Waals surface area contributed by atoms with Gasteiger partial charge in [0.25, 0.3) is 0 Å². The van der Waals surface area contributed by atoms with Crippen LogP contribution in [0.25, 0.3) is 22.2 Å². The molecule has 2 aromatic heterocycles. The Labute approximate surface area is 154 Å². The largest absolute Gasteiger partial charge is 0.325 e. The van der Waals surface area contributed by atoms with E-state index >= 15 is 0 Å². The minimum atomic E-state index is -0.0967. The van der Waals surface area contributed by atoms with E-state index in [4.69, 9.17) is 0 Å². The molecule has 2 heterocycles. The van der Waals surface area contributed by atoms with Crippen molar-refractivity contribution in [2.24, 2.45) is 0 Å². The molecule has 0 radical (unpaired) electrons. The van der Waals surface area contributed by atoms with Gasteiger partial charge in [0.15, 0.2) is 5.82 Å². The van der Waals surface area contributed by atoms with Crippen molar-refractivity contribution in [3.8, 4) is 11.4 Å². The summed E-state index contributed by atoms with van der Waals surface area (Å²) in [5.74, 6) is 0.797. The molecule has 0 spiro atoms. The van der Waals surface area contributed by atoms with Crippen molar-refractivity contribution in [2.75, 3.05) is 11.1 Å².